The van der Waals surface area contributed by atoms with Gasteiger partial charge in [-0.15, -0.1) is 0 Å². The number of pyridine rings is 1. The SMILES string of the molecule is Nc1nc2cc(-c3ccn[nH]3)ccc2c2cn(CCCC(=O)c3ccccc3)nc12. The molecule has 0 unspecified atom stereocenters. The molecule has 0 radical (unpaired) electrons. The summed E-state index contributed by atoms with van der Waals surface area (Å²) in [7, 11) is 0. The van der Waals surface area contributed by atoms with Crippen LogP contribution in [0.1, 0.15) is 23.2 Å². The van der Waals surface area contributed by atoms with Crippen molar-refractivity contribution in [1.29, 1.82) is 0 Å². The largest absolute Gasteiger partial charge is 0.382 e. The lowest BCUT2D eigenvalue weighted by Crippen LogP contribution is -2.04. The van der Waals surface area contributed by atoms with Gasteiger partial charge in [0.05, 0.1) is 11.2 Å². The number of Topliss-reactive ketones (excluding diaryl/α,β-unsaturated/α-hetero) is 1. The van der Waals surface area contributed by atoms with Crippen LogP contribution < -0.4 is 5.73 Å². The number of rotatable bonds is 6. The molecule has 0 atom stereocenters. The second-order valence-corrected chi connectivity index (χ2v) is 7.25. The van der Waals surface area contributed by atoms with Gasteiger partial charge < -0.3 is 5.73 Å². The minimum Gasteiger partial charge on any atom is -0.382 e. The number of nitrogens with one attached hydrogen (secondary N) is 1. The predicted molar refractivity (Wildman–Crippen MR) is 117 cm³/mol. The van der Waals surface area contributed by atoms with Crippen LogP contribution in [-0.2, 0) is 6.54 Å². The van der Waals surface area contributed by atoms with Crippen LogP contribution in [0.2, 0.25) is 0 Å². The van der Waals surface area contributed by atoms with Gasteiger partial charge in [-0.3, -0.25) is 14.6 Å². The van der Waals surface area contributed by atoms with Gasteiger partial charge in [-0.05, 0) is 18.6 Å². The molecule has 0 aliphatic carbocycles. The smallest absolute Gasteiger partial charge is 0.162 e. The van der Waals surface area contributed by atoms with E-state index in [1.165, 1.54) is 0 Å². The molecule has 30 heavy (non-hydrogen) atoms. The maximum atomic E-state index is 12.3. The molecule has 5 rings (SSSR count). The van der Waals surface area contributed by atoms with Crippen molar-refractivity contribution in [2.45, 2.75) is 19.4 Å². The Bertz CT molecular complexity index is 1340. The monoisotopic (exact) mass is 396 g/mol. The average Bonchev–Trinajstić information content (AvgIpc) is 3.45. The zero-order valence-electron chi connectivity index (χ0n) is 16.2. The van der Waals surface area contributed by atoms with E-state index in [4.69, 9.17) is 5.73 Å². The summed E-state index contributed by atoms with van der Waals surface area (Å²) < 4.78 is 1.85. The van der Waals surface area contributed by atoms with Gasteiger partial charge in [-0.1, -0.05) is 42.5 Å². The fourth-order valence-electron chi connectivity index (χ4n) is 3.71. The van der Waals surface area contributed by atoms with Crippen LogP contribution in [0.3, 0.4) is 0 Å². The maximum Gasteiger partial charge on any atom is 0.162 e. The lowest BCUT2D eigenvalue weighted by atomic mass is 10.1. The number of aryl methyl sites for hydroxylation is 1. The number of aromatic amines is 1. The van der Waals surface area contributed by atoms with E-state index < -0.39 is 0 Å². The molecule has 5 aromatic rings. The van der Waals surface area contributed by atoms with Crippen LogP contribution in [0.15, 0.2) is 67.0 Å². The van der Waals surface area contributed by atoms with E-state index in [-0.39, 0.29) is 5.78 Å². The van der Waals surface area contributed by atoms with Gasteiger partial charge in [0.2, 0.25) is 0 Å². The van der Waals surface area contributed by atoms with Crippen molar-refractivity contribution in [3.63, 3.8) is 0 Å². The van der Waals surface area contributed by atoms with Crippen molar-refractivity contribution in [3.05, 3.63) is 72.6 Å². The summed E-state index contributed by atoms with van der Waals surface area (Å²) in [6.45, 7) is 0.639. The molecule has 2 aromatic carbocycles. The third-order valence-corrected chi connectivity index (χ3v) is 5.23. The van der Waals surface area contributed by atoms with Crippen LogP contribution in [0, 0.1) is 0 Å². The average molecular weight is 396 g/mol. The van der Waals surface area contributed by atoms with E-state index in [9.17, 15) is 4.79 Å². The Morgan fingerprint density at radius 1 is 1.07 bits per heavy atom. The molecule has 7 nitrogen and oxygen atoms in total. The number of hydrogen-bond acceptors (Lipinski definition) is 5. The number of carbonyl (C=O) groups is 1. The molecule has 3 N–H and O–H groups in total. The number of benzene rings is 2. The molecular weight excluding hydrogens is 376 g/mol. The minimum atomic E-state index is 0.144. The van der Waals surface area contributed by atoms with E-state index in [2.05, 4.69) is 20.3 Å². The lowest BCUT2D eigenvalue weighted by molar-refractivity contribution is 0.0978. The normalized spacial score (nSPS) is 11.3. The highest BCUT2D eigenvalue weighted by atomic mass is 16.1. The molecule has 0 aliphatic rings. The summed E-state index contributed by atoms with van der Waals surface area (Å²) in [5.74, 6) is 0.545. The van der Waals surface area contributed by atoms with Gasteiger partial charge in [0.25, 0.3) is 0 Å². The van der Waals surface area contributed by atoms with E-state index in [1.807, 2.05) is 65.5 Å². The fraction of sp³-hybridized carbons (Fsp3) is 0.130. The fourth-order valence-corrected chi connectivity index (χ4v) is 3.71. The summed E-state index contributed by atoms with van der Waals surface area (Å²) in [6, 6.07) is 17.3. The second kappa shape index (κ2) is 7.44. The van der Waals surface area contributed by atoms with Crippen molar-refractivity contribution in [3.8, 4) is 11.3 Å². The Kier molecular flexibility index (Phi) is 4.48. The Labute approximate surface area is 172 Å². The Morgan fingerprint density at radius 2 is 1.93 bits per heavy atom. The second-order valence-electron chi connectivity index (χ2n) is 7.25. The number of anilines is 1. The lowest BCUT2D eigenvalue weighted by Gasteiger charge is -2.03. The summed E-state index contributed by atoms with van der Waals surface area (Å²) in [5.41, 5.74) is 10.4. The Morgan fingerprint density at radius 3 is 2.73 bits per heavy atom. The quantitative estimate of drug-likeness (QED) is 0.418. The van der Waals surface area contributed by atoms with Crippen LogP contribution in [0.5, 0.6) is 0 Å². The number of aromatic nitrogens is 5. The molecule has 148 valence electrons. The van der Waals surface area contributed by atoms with Gasteiger partial charge in [0.15, 0.2) is 11.6 Å². The summed E-state index contributed by atoms with van der Waals surface area (Å²) in [6.07, 6.45) is 4.88. The number of nitrogen functional groups attached to an aromatic ring is 1. The third-order valence-electron chi connectivity index (χ3n) is 5.23. The first-order chi connectivity index (χ1) is 14.7. The summed E-state index contributed by atoms with van der Waals surface area (Å²) in [5, 5.41) is 13.5. The van der Waals surface area contributed by atoms with Crippen LogP contribution in [-0.4, -0.2) is 30.7 Å². The Hall–Kier alpha value is -4.00. The number of hydrogen-bond donors (Lipinski definition) is 2. The van der Waals surface area contributed by atoms with E-state index in [1.54, 1.807) is 6.20 Å². The summed E-state index contributed by atoms with van der Waals surface area (Å²) in [4.78, 5) is 16.8. The van der Waals surface area contributed by atoms with Crippen molar-refractivity contribution < 1.29 is 4.79 Å². The first kappa shape index (κ1) is 18.1. The van der Waals surface area contributed by atoms with Gasteiger partial charge >= 0.3 is 0 Å². The molecule has 3 aromatic heterocycles. The van der Waals surface area contributed by atoms with Crippen LogP contribution in [0.4, 0.5) is 5.82 Å². The molecule has 3 heterocycles. The molecule has 0 amide bonds. The first-order valence-electron chi connectivity index (χ1n) is 9.83. The number of carbonyl (C=O) groups excluding carboxylic acids is 1. The molecule has 0 saturated carbocycles. The first-order valence-corrected chi connectivity index (χ1v) is 9.83. The standard InChI is InChI=1S/C23H20N6O/c24-23-22-18(17-9-8-16(13-20(17)26-23)19-10-11-25-27-19)14-29(28-22)12-4-7-21(30)15-5-2-1-3-6-15/h1-3,5-6,8-11,13-14H,4,7,12H2,(H2,24,26)(H,25,27). The molecule has 0 fully saturated rings. The highest BCUT2D eigenvalue weighted by Crippen LogP contribution is 2.30. The molecular formula is C23H20N6O. The third kappa shape index (κ3) is 3.30. The highest BCUT2D eigenvalue weighted by Gasteiger charge is 2.12. The molecule has 7 heteroatoms. The molecule has 0 spiro atoms. The van der Waals surface area contributed by atoms with Gasteiger partial charge in [0.1, 0.15) is 5.52 Å². The number of fused-ring (bicyclic) bond motifs is 3. The molecule has 0 bridgehead atoms. The van der Waals surface area contributed by atoms with Gasteiger partial charge in [-0.25, -0.2) is 4.98 Å². The number of ketones is 1. The summed E-state index contributed by atoms with van der Waals surface area (Å²) >= 11 is 0. The van der Waals surface area contributed by atoms with Crippen molar-refractivity contribution in [2.24, 2.45) is 0 Å². The highest BCUT2D eigenvalue weighted by molar-refractivity contribution is 6.08. The van der Waals surface area contributed by atoms with Crippen molar-refractivity contribution in [1.82, 2.24) is 25.0 Å². The zero-order valence-corrected chi connectivity index (χ0v) is 16.2. The molecule has 0 saturated heterocycles. The van der Waals surface area contributed by atoms with E-state index in [0.717, 1.165) is 33.1 Å². The maximum absolute atomic E-state index is 12.3. The van der Waals surface area contributed by atoms with Crippen molar-refractivity contribution >= 4 is 33.4 Å². The minimum absolute atomic E-state index is 0.144. The number of nitrogens with two attached hydrogens (primary N) is 1. The van der Waals surface area contributed by atoms with Crippen LogP contribution >= 0.6 is 0 Å². The van der Waals surface area contributed by atoms with Crippen molar-refractivity contribution in [2.75, 3.05) is 5.73 Å². The van der Waals surface area contributed by atoms with E-state index >= 15 is 0 Å². The van der Waals surface area contributed by atoms with Crippen LogP contribution in [0.25, 0.3) is 33.1 Å². The zero-order chi connectivity index (χ0) is 20.5. The van der Waals surface area contributed by atoms with Gasteiger partial charge in [0, 0.05) is 47.3 Å². The topological polar surface area (TPSA) is 102 Å². The predicted octanol–water partition coefficient (Wildman–Crippen LogP) is 4.22. The van der Waals surface area contributed by atoms with E-state index in [0.29, 0.717) is 30.7 Å². The Balaban J connectivity index is 1.40. The number of H-pyrrole nitrogens is 1. The molecule has 0 aliphatic heterocycles. The van der Waals surface area contributed by atoms with Gasteiger partial charge in [-0.2, -0.15) is 10.2 Å². The number of nitrogens with zero attached hydrogens (tertiary/aromatic N) is 4.